The number of anilines is 1. The van der Waals surface area contributed by atoms with Gasteiger partial charge in [0.15, 0.2) is 0 Å². The van der Waals surface area contributed by atoms with Gasteiger partial charge in [0.1, 0.15) is 0 Å². The van der Waals surface area contributed by atoms with Crippen LogP contribution in [0.4, 0.5) is 5.69 Å². The Hall–Kier alpha value is -1.07. The molecule has 0 amide bonds. The van der Waals surface area contributed by atoms with E-state index in [9.17, 15) is 8.42 Å². The zero-order valence-corrected chi connectivity index (χ0v) is 9.79. The van der Waals surface area contributed by atoms with Crippen molar-refractivity contribution in [3.05, 3.63) is 30.3 Å². The highest BCUT2D eigenvalue weighted by molar-refractivity contribution is 7.92. The molecule has 15 heavy (non-hydrogen) atoms. The van der Waals surface area contributed by atoms with Crippen molar-refractivity contribution in [1.82, 2.24) is 4.90 Å². The molecule has 1 aromatic carbocycles. The third-order valence-corrected chi connectivity index (χ3v) is 3.12. The maximum Gasteiger partial charge on any atom is 0.233 e. The van der Waals surface area contributed by atoms with Gasteiger partial charge in [0, 0.05) is 12.2 Å². The minimum atomic E-state index is -3.22. The number of rotatable bonds is 5. The van der Waals surface area contributed by atoms with Gasteiger partial charge in [-0.25, -0.2) is 8.42 Å². The monoisotopic (exact) mass is 228 g/mol. The van der Waals surface area contributed by atoms with Gasteiger partial charge >= 0.3 is 0 Å². The molecule has 0 radical (unpaired) electrons. The van der Waals surface area contributed by atoms with Crippen LogP contribution in [0.1, 0.15) is 0 Å². The normalized spacial score (nSPS) is 11.7. The van der Waals surface area contributed by atoms with Gasteiger partial charge in [-0.3, -0.25) is 4.72 Å². The first kappa shape index (κ1) is 12.0. The average Bonchev–Trinajstić information content (AvgIpc) is 2.16. The van der Waals surface area contributed by atoms with Crippen molar-refractivity contribution in [2.24, 2.45) is 0 Å². The van der Waals surface area contributed by atoms with E-state index >= 15 is 0 Å². The standard InChI is InChI=1S/C10H16N2O2S/c1-12(2)8-9-15(13,14)11-10-6-4-3-5-7-10/h3-7,11H,8-9H2,1-2H3. The van der Waals surface area contributed by atoms with Crippen LogP contribution >= 0.6 is 0 Å². The van der Waals surface area contributed by atoms with Crippen molar-refractivity contribution in [2.45, 2.75) is 0 Å². The molecular weight excluding hydrogens is 212 g/mol. The summed E-state index contributed by atoms with van der Waals surface area (Å²) in [6.45, 7) is 0.516. The number of nitrogens with zero attached hydrogens (tertiary/aromatic N) is 1. The maximum absolute atomic E-state index is 11.6. The molecule has 5 heteroatoms. The van der Waals surface area contributed by atoms with Gasteiger partial charge in [-0.05, 0) is 26.2 Å². The van der Waals surface area contributed by atoms with Crippen molar-refractivity contribution in [3.63, 3.8) is 0 Å². The van der Waals surface area contributed by atoms with E-state index in [4.69, 9.17) is 0 Å². The largest absolute Gasteiger partial charge is 0.308 e. The van der Waals surface area contributed by atoms with Crippen molar-refractivity contribution >= 4 is 15.7 Å². The molecule has 84 valence electrons. The lowest BCUT2D eigenvalue weighted by molar-refractivity contribution is 0.432. The molecule has 0 aromatic heterocycles. The lowest BCUT2D eigenvalue weighted by atomic mass is 10.3. The lowest BCUT2D eigenvalue weighted by Crippen LogP contribution is -2.26. The number of hydrogen-bond donors (Lipinski definition) is 1. The Morgan fingerprint density at radius 3 is 2.33 bits per heavy atom. The van der Waals surface area contributed by atoms with Crippen molar-refractivity contribution in [1.29, 1.82) is 0 Å². The van der Waals surface area contributed by atoms with Crippen LogP contribution in [0, 0.1) is 0 Å². The molecule has 0 aliphatic rings. The van der Waals surface area contributed by atoms with Crippen LogP contribution in [0.2, 0.25) is 0 Å². The predicted molar refractivity (Wildman–Crippen MR) is 62.4 cm³/mol. The summed E-state index contributed by atoms with van der Waals surface area (Å²) in [5.41, 5.74) is 0.608. The molecule has 0 aliphatic heterocycles. The van der Waals surface area contributed by atoms with Crippen LogP contribution in [0.3, 0.4) is 0 Å². The minimum absolute atomic E-state index is 0.106. The van der Waals surface area contributed by atoms with Crippen LogP contribution in [-0.2, 0) is 10.0 Å². The highest BCUT2D eigenvalue weighted by Crippen LogP contribution is 2.07. The quantitative estimate of drug-likeness (QED) is 0.817. The SMILES string of the molecule is CN(C)CCS(=O)(=O)Nc1ccccc1. The zero-order chi connectivity index (χ0) is 11.3. The number of nitrogens with one attached hydrogen (secondary N) is 1. The second kappa shape index (κ2) is 5.14. The molecule has 0 atom stereocenters. The van der Waals surface area contributed by atoms with Crippen LogP contribution in [-0.4, -0.2) is 39.7 Å². The molecule has 0 bridgehead atoms. The predicted octanol–water partition coefficient (Wildman–Crippen LogP) is 0.990. The van der Waals surface area contributed by atoms with Crippen molar-refractivity contribution < 1.29 is 8.42 Å². The molecule has 0 saturated heterocycles. The maximum atomic E-state index is 11.6. The summed E-state index contributed by atoms with van der Waals surface area (Å²) in [5, 5.41) is 0. The van der Waals surface area contributed by atoms with Crippen molar-refractivity contribution in [3.8, 4) is 0 Å². The highest BCUT2D eigenvalue weighted by atomic mass is 32.2. The Bertz CT molecular complexity index is 387. The second-order valence-electron chi connectivity index (χ2n) is 3.59. The highest BCUT2D eigenvalue weighted by Gasteiger charge is 2.09. The van der Waals surface area contributed by atoms with Gasteiger partial charge in [-0.2, -0.15) is 0 Å². The van der Waals surface area contributed by atoms with Gasteiger partial charge in [0.2, 0.25) is 10.0 Å². The zero-order valence-electron chi connectivity index (χ0n) is 8.97. The molecule has 0 fully saturated rings. The lowest BCUT2D eigenvalue weighted by Gasteiger charge is -2.11. The third kappa shape index (κ3) is 4.80. The van der Waals surface area contributed by atoms with E-state index in [1.165, 1.54) is 0 Å². The Kier molecular flexibility index (Phi) is 4.11. The third-order valence-electron chi connectivity index (χ3n) is 1.85. The molecule has 0 aliphatic carbocycles. The van der Waals surface area contributed by atoms with Gasteiger partial charge in [0.05, 0.1) is 5.75 Å². The van der Waals surface area contributed by atoms with Crippen LogP contribution in [0.5, 0.6) is 0 Å². The van der Waals surface area contributed by atoms with Gasteiger partial charge < -0.3 is 4.90 Å². The topological polar surface area (TPSA) is 49.4 Å². The van der Waals surface area contributed by atoms with E-state index in [-0.39, 0.29) is 5.75 Å². The first-order chi connectivity index (χ1) is 6.99. The fourth-order valence-electron chi connectivity index (χ4n) is 1.04. The van der Waals surface area contributed by atoms with Gasteiger partial charge in [-0.15, -0.1) is 0 Å². The van der Waals surface area contributed by atoms with Crippen molar-refractivity contribution in [2.75, 3.05) is 31.1 Å². The molecule has 1 rings (SSSR count). The van der Waals surface area contributed by atoms with Gasteiger partial charge in [-0.1, -0.05) is 18.2 Å². The van der Waals surface area contributed by atoms with Crippen LogP contribution in [0.15, 0.2) is 30.3 Å². The summed E-state index contributed by atoms with van der Waals surface area (Å²) < 4.78 is 25.7. The molecular formula is C10H16N2O2S. The Labute approximate surface area is 91.0 Å². The minimum Gasteiger partial charge on any atom is -0.308 e. The Morgan fingerprint density at radius 1 is 1.20 bits per heavy atom. The molecule has 0 heterocycles. The Morgan fingerprint density at radius 2 is 1.80 bits per heavy atom. The van der Waals surface area contributed by atoms with E-state index in [1.807, 2.05) is 25.1 Å². The fraction of sp³-hybridized carbons (Fsp3) is 0.400. The molecule has 1 N–H and O–H groups in total. The van der Waals surface area contributed by atoms with E-state index in [2.05, 4.69) is 4.72 Å². The number of benzene rings is 1. The van der Waals surface area contributed by atoms with E-state index in [0.717, 1.165) is 0 Å². The van der Waals surface area contributed by atoms with Crippen LogP contribution < -0.4 is 4.72 Å². The molecule has 1 aromatic rings. The summed E-state index contributed by atoms with van der Waals surface area (Å²) in [6.07, 6.45) is 0. The summed E-state index contributed by atoms with van der Waals surface area (Å²) >= 11 is 0. The molecule has 0 saturated carbocycles. The average molecular weight is 228 g/mol. The smallest absolute Gasteiger partial charge is 0.233 e. The number of sulfonamides is 1. The number of hydrogen-bond acceptors (Lipinski definition) is 3. The molecule has 0 unspecified atom stereocenters. The summed E-state index contributed by atoms with van der Waals surface area (Å²) in [6, 6.07) is 8.89. The second-order valence-corrected chi connectivity index (χ2v) is 5.43. The van der Waals surface area contributed by atoms with E-state index in [1.54, 1.807) is 24.3 Å². The first-order valence-electron chi connectivity index (χ1n) is 4.70. The first-order valence-corrected chi connectivity index (χ1v) is 6.35. The molecule has 4 nitrogen and oxygen atoms in total. The van der Waals surface area contributed by atoms with Crippen LogP contribution in [0.25, 0.3) is 0 Å². The summed E-state index contributed by atoms with van der Waals surface area (Å²) in [4.78, 5) is 1.84. The van der Waals surface area contributed by atoms with E-state index in [0.29, 0.717) is 12.2 Å². The van der Waals surface area contributed by atoms with Gasteiger partial charge in [0.25, 0.3) is 0 Å². The molecule has 0 spiro atoms. The summed E-state index contributed by atoms with van der Waals surface area (Å²) in [5.74, 6) is 0.106. The Balaban J connectivity index is 2.57. The number of para-hydroxylation sites is 1. The van der Waals surface area contributed by atoms with E-state index < -0.39 is 10.0 Å². The fourth-order valence-corrected chi connectivity index (χ4v) is 2.24. The summed E-state index contributed by atoms with van der Waals surface area (Å²) in [7, 11) is 0.469.